The summed E-state index contributed by atoms with van der Waals surface area (Å²) < 4.78 is 4.81. The van der Waals surface area contributed by atoms with Crippen LogP contribution in [0.3, 0.4) is 0 Å². The lowest BCUT2D eigenvalue weighted by molar-refractivity contribution is -0.141. The number of nitrogens with zero attached hydrogens (tertiary/aromatic N) is 2. The summed E-state index contributed by atoms with van der Waals surface area (Å²) in [6, 6.07) is 15.9. The first kappa shape index (κ1) is 25.3. The van der Waals surface area contributed by atoms with Crippen molar-refractivity contribution in [2.24, 2.45) is 4.99 Å². The molecule has 2 aliphatic rings. The second-order valence-electron chi connectivity index (χ2n) is 8.25. The molecule has 3 N–H and O–H groups in total. The van der Waals surface area contributed by atoms with Gasteiger partial charge in [0.2, 0.25) is 0 Å². The summed E-state index contributed by atoms with van der Waals surface area (Å²) >= 11 is 1.70. The zero-order valence-electron chi connectivity index (χ0n) is 20.2. The van der Waals surface area contributed by atoms with Crippen molar-refractivity contribution in [2.45, 2.75) is 26.3 Å². The fourth-order valence-electron chi connectivity index (χ4n) is 4.11. The van der Waals surface area contributed by atoms with Crippen LogP contribution in [0.1, 0.15) is 31.9 Å². The number of fused-ring (bicyclic) bond motifs is 1. The Bertz CT molecular complexity index is 1180. The fourth-order valence-corrected chi connectivity index (χ4v) is 5.13. The predicted molar refractivity (Wildman–Crippen MR) is 142 cm³/mol. The summed E-state index contributed by atoms with van der Waals surface area (Å²) in [6.45, 7) is 4.42. The Balaban J connectivity index is 1.54. The van der Waals surface area contributed by atoms with Gasteiger partial charge in [0.05, 0.1) is 23.9 Å². The topological polar surface area (TPSA) is 112 Å². The van der Waals surface area contributed by atoms with Gasteiger partial charge in [-0.05, 0) is 50.1 Å². The summed E-state index contributed by atoms with van der Waals surface area (Å²) in [5.74, 6) is 0.299. The molecule has 1 atom stereocenters. The number of urea groups is 1. The van der Waals surface area contributed by atoms with Crippen molar-refractivity contribution in [3.63, 3.8) is 0 Å². The van der Waals surface area contributed by atoms with Crippen molar-refractivity contribution >= 4 is 46.2 Å². The van der Waals surface area contributed by atoms with Crippen LogP contribution in [0.15, 0.2) is 70.9 Å². The number of amidine groups is 1. The molecule has 4 rings (SSSR count). The number of allylic oxidation sites excluding steroid dienone is 1. The minimum Gasteiger partial charge on any atom is -0.465 e. The molecule has 3 amide bonds. The average molecular weight is 508 g/mol. The number of thioether (sulfide) groups is 1. The number of carbonyl (C=O) groups is 3. The van der Waals surface area contributed by atoms with Crippen LogP contribution in [-0.4, -0.2) is 53.4 Å². The maximum absolute atomic E-state index is 13.4. The van der Waals surface area contributed by atoms with E-state index in [0.29, 0.717) is 17.0 Å². The Kier molecular flexibility index (Phi) is 8.27. The number of aliphatic imine (C=N–C) groups is 1. The van der Waals surface area contributed by atoms with Crippen LogP contribution in [0.2, 0.25) is 0 Å². The van der Waals surface area contributed by atoms with Crippen molar-refractivity contribution in [1.29, 1.82) is 0 Å². The SMILES string of the molecule is CCOC(=O)CNC(=O)Nc1ccc([C@H]2C(C(=O)Nc3ccccc3)=C(C)N=C3SCCCN32)cc1. The summed E-state index contributed by atoms with van der Waals surface area (Å²) in [5, 5.41) is 9.10. The quantitative estimate of drug-likeness (QED) is 0.486. The first-order chi connectivity index (χ1) is 17.5. The molecule has 1 saturated heterocycles. The second-order valence-corrected chi connectivity index (χ2v) is 9.31. The molecule has 0 aromatic heterocycles. The maximum atomic E-state index is 13.4. The van der Waals surface area contributed by atoms with Gasteiger partial charge in [-0.25, -0.2) is 9.79 Å². The Morgan fingerprint density at radius 2 is 1.78 bits per heavy atom. The van der Waals surface area contributed by atoms with Crippen molar-refractivity contribution in [1.82, 2.24) is 10.2 Å². The third-order valence-corrected chi connectivity index (χ3v) is 6.79. The number of carbonyl (C=O) groups excluding carboxylic acids is 3. The molecular formula is C26H29N5O4S. The van der Waals surface area contributed by atoms with E-state index in [4.69, 9.17) is 9.73 Å². The van der Waals surface area contributed by atoms with Gasteiger partial charge in [-0.3, -0.25) is 9.59 Å². The number of hydrogen-bond acceptors (Lipinski definition) is 7. The Morgan fingerprint density at radius 3 is 2.50 bits per heavy atom. The number of ether oxygens (including phenoxy) is 1. The highest BCUT2D eigenvalue weighted by Gasteiger charge is 2.37. The average Bonchev–Trinajstić information content (AvgIpc) is 2.88. The molecule has 0 saturated carbocycles. The number of benzene rings is 2. The van der Waals surface area contributed by atoms with Gasteiger partial charge in [-0.15, -0.1) is 0 Å². The summed E-state index contributed by atoms with van der Waals surface area (Å²) in [7, 11) is 0. The predicted octanol–water partition coefficient (Wildman–Crippen LogP) is 4.13. The molecule has 2 aromatic rings. The molecule has 188 valence electrons. The van der Waals surface area contributed by atoms with Crippen LogP contribution in [0.25, 0.3) is 0 Å². The van der Waals surface area contributed by atoms with E-state index >= 15 is 0 Å². The van der Waals surface area contributed by atoms with Crippen LogP contribution >= 0.6 is 11.8 Å². The third kappa shape index (κ3) is 6.06. The van der Waals surface area contributed by atoms with Crippen molar-refractivity contribution in [3.8, 4) is 0 Å². The molecule has 9 nitrogen and oxygen atoms in total. The lowest BCUT2D eigenvalue weighted by Crippen LogP contribution is -2.43. The van der Waals surface area contributed by atoms with Gasteiger partial charge in [0.25, 0.3) is 5.91 Å². The summed E-state index contributed by atoms with van der Waals surface area (Å²) in [4.78, 5) is 44.0. The maximum Gasteiger partial charge on any atom is 0.325 e. The molecule has 0 unspecified atom stereocenters. The van der Waals surface area contributed by atoms with E-state index in [9.17, 15) is 14.4 Å². The van der Waals surface area contributed by atoms with Gasteiger partial charge in [0, 0.05) is 23.7 Å². The van der Waals surface area contributed by atoms with Crippen molar-refractivity contribution in [3.05, 3.63) is 71.4 Å². The largest absolute Gasteiger partial charge is 0.465 e. The van der Waals surface area contributed by atoms with E-state index in [-0.39, 0.29) is 25.1 Å². The third-order valence-electron chi connectivity index (χ3n) is 5.72. The highest BCUT2D eigenvalue weighted by molar-refractivity contribution is 8.13. The number of para-hydroxylation sites is 1. The minimum absolute atomic E-state index is 0.192. The summed E-state index contributed by atoms with van der Waals surface area (Å²) in [5.41, 5.74) is 3.49. The van der Waals surface area contributed by atoms with Crippen LogP contribution < -0.4 is 16.0 Å². The van der Waals surface area contributed by atoms with Crippen molar-refractivity contribution in [2.75, 3.05) is 36.1 Å². The number of hydrogen-bond donors (Lipinski definition) is 3. The molecule has 10 heteroatoms. The van der Waals surface area contributed by atoms with E-state index in [1.165, 1.54) is 0 Å². The van der Waals surface area contributed by atoms with Crippen LogP contribution in [0.4, 0.5) is 16.2 Å². The fraction of sp³-hybridized carbons (Fsp3) is 0.308. The molecule has 0 spiro atoms. The number of anilines is 2. The molecule has 0 radical (unpaired) electrons. The normalized spacial score (nSPS) is 17.0. The Hall–Kier alpha value is -3.79. The van der Waals surface area contributed by atoms with E-state index in [0.717, 1.165) is 35.1 Å². The molecule has 1 fully saturated rings. The molecule has 36 heavy (non-hydrogen) atoms. The molecule has 0 aliphatic carbocycles. The summed E-state index contributed by atoms with van der Waals surface area (Å²) in [6.07, 6.45) is 0.993. The smallest absolute Gasteiger partial charge is 0.325 e. The lowest BCUT2D eigenvalue weighted by Gasteiger charge is -2.40. The number of amides is 3. The van der Waals surface area contributed by atoms with Gasteiger partial charge in [-0.1, -0.05) is 42.1 Å². The molecule has 2 aromatic carbocycles. The number of nitrogens with one attached hydrogen (secondary N) is 3. The van der Waals surface area contributed by atoms with E-state index in [2.05, 4.69) is 20.9 Å². The van der Waals surface area contributed by atoms with Crippen LogP contribution in [-0.2, 0) is 14.3 Å². The highest BCUT2D eigenvalue weighted by atomic mass is 32.2. The van der Waals surface area contributed by atoms with Crippen LogP contribution in [0.5, 0.6) is 0 Å². The Labute approximate surface area is 214 Å². The van der Waals surface area contributed by atoms with Gasteiger partial charge >= 0.3 is 12.0 Å². The molecule has 2 heterocycles. The molecule has 2 aliphatic heterocycles. The standard InChI is InChI=1S/C26H29N5O4S/c1-3-35-21(32)16-27-25(34)30-20-12-10-18(11-13-20)23-22(24(33)29-19-8-5-4-6-9-19)17(2)28-26-31(23)14-7-15-36-26/h4-6,8-13,23H,3,7,14-16H2,1-2H3,(H,29,33)(H2,27,30,34)/t23-/m0/s1. The van der Waals surface area contributed by atoms with Gasteiger partial charge in [-0.2, -0.15) is 0 Å². The molecular weight excluding hydrogens is 478 g/mol. The molecule has 0 bridgehead atoms. The van der Waals surface area contributed by atoms with Gasteiger partial charge in [0.15, 0.2) is 5.17 Å². The zero-order valence-corrected chi connectivity index (χ0v) is 21.1. The first-order valence-corrected chi connectivity index (χ1v) is 12.8. The van der Waals surface area contributed by atoms with E-state index in [1.807, 2.05) is 49.4 Å². The Morgan fingerprint density at radius 1 is 1.06 bits per heavy atom. The highest BCUT2D eigenvalue weighted by Crippen LogP contribution is 2.40. The zero-order chi connectivity index (χ0) is 25.5. The monoisotopic (exact) mass is 507 g/mol. The van der Waals surface area contributed by atoms with Crippen LogP contribution in [0, 0.1) is 0 Å². The number of rotatable bonds is 7. The first-order valence-electron chi connectivity index (χ1n) is 11.8. The van der Waals surface area contributed by atoms with Crippen molar-refractivity contribution < 1.29 is 19.1 Å². The minimum atomic E-state index is -0.506. The van der Waals surface area contributed by atoms with E-state index in [1.54, 1.807) is 30.8 Å². The number of esters is 1. The second kappa shape index (κ2) is 11.8. The van der Waals surface area contributed by atoms with Gasteiger partial charge < -0.3 is 25.6 Å². The van der Waals surface area contributed by atoms with E-state index < -0.39 is 12.0 Å². The van der Waals surface area contributed by atoms with Gasteiger partial charge in [0.1, 0.15) is 6.54 Å². The lowest BCUT2D eigenvalue weighted by atomic mass is 9.93.